The number of benzene rings is 1. The number of hydrogen-bond donors (Lipinski definition) is 5. The average molecular weight is 423 g/mol. The van der Waals surface area contributed by atoms with Gasteiger partial charge in [0.2, 0.25) is 5.91 Å². The van der Waals surface area contributed by atoms with Gasteiger partial charge in [-0.15, -0.1) is 12.4 Å². The van der Waals surface area contributed by atoms with Crippen LogP contribution in [0.2, 0.25) is 0 Å². The first-order chi connectivity index (χ1) is 13.7. The van der Waals surface area contributed by atoms with Gasteiger partial charge in [0.05, 0.1) is 0 Å². The van der Waals surface area contributed by atoms with Crippen LogP contribution >= 0.6 is 12.4 Å². The SMILES string of the molecule is Cl.O=C(NCC1CCCCN1C(=O)C1NNC2CCNCC21)Nc1ccccc1. The minimum Gasteiger partial charge on any atom is -0.337 e. The number of nitrogens with one attached hydrogen (secondary N) is 5. The van der Waals surface area contributed by atoms with Gasteiger partial charge in [-0.1, -0.05) is 18.2 Å². The highest BCUT2D eigenvalue weighted by atomic mass is 35.5. The van der Waals surface area contributed by atoms with Crippen LogP contribution in [0.3, 0.4) is 0 Å². The van der Waals surface area contributed by atoms with Gasteiger partial charge in [0.25, 0.3) is 0 Å². The minimum atomic E-state index is -0.235. The van der Waals surface area contributed by atoms with Crippen molar-refractivity contribution in [1.82, 2.24) is 26.4 Å². The minimum absolute atomic E-state index is 0. The summed E-state index contributed by atoms with van der Waals surface area (Å²) in [5.74, 6) is 0.428. The number of hydrogen-bond acceptors (Lipinski definition) is 5. The number of urea groups is 1. The molecule has 4 unspecified atom stereocenters. The number of nitrogens with zero attached hydrogens (tertiary/aromatic N) is 1. The molecule has 5 N–H and O–H groups in total. The molecule has 1 aromatic carbocycles. The number of likely N-dealkylation sites (tertiary alicyclic amines) is 1. The summed E-state index contributed by atoms with van der Waals surface area (Å²) in [5.41, 5.74) is 7.29. The van der Waals surface area contributed by atoms with Crippen LogP contribution in [0.4, 0.5) is 10.5 Å². The normalized spacial score (nSPS) is 28.8. The molecule has 4 atom stereocenters. The summed E-state index contributed by atoms with van der Waals surface area (Å²) in [5, 5.41) is 9.18. The Balaban J connectivity index is 0.00000240. The van der Waals surface area contributed by atoms with E-state index in [4.69, 9.17) is 0 Å². The zero-order valence-electron chi connectivity index (χ0n) is 16.5. The highest BCUT2D eigenvalue weighted by Gasteiger charge is 2.44. The lowest BCUT2D eigenvalue weighted by atomic mass is 9.88. The molecule has 160 valence electrons. The van der Waals surface area contributed by atoms with Crippen LogP contribution in [-0.4, -0.2) is 61.1 Å². The third kappa shape index (κ3) is 5.19. The lowest BCUT2D eigenvalue weighted by Crippen LogP contribution is -2.57. The highest BCUT2D eigenvalue weighted by molar-refractivity contribution is 5.89. The van der Waals surface area contributed by atoms with Crippen molar-refractivity contribution in [2.75, 3.05) is 31.5 Å². The van der Waals surface area contributed by atoms with Crippen molar-refractivity contribution in [3.8, 4) is 0 Å². The molecule has 0 aliphatic carbocycles. The molecule has 0 saturated carbocycles. The summed E-state index contributed by atoms with van der Waals surface area (Å²) < 4.78 is 0. The van der Waals surface area contributed by atoms with E-state index in [2.05, 4.69) is 26.8 Å². The molecule has 0 aromatic heterocycles. The van der Waals surface area contributed by atoms with E-state index in [-0.39, 0.29) is 42.3 Å². The monoisotopic (exact) mass is 422 g/mol. The van der Waals surface area contributed by atoms with Gasteiger partial charge < -0.3 is 20.9 Å². The summed E-state index contributed by atoms with van der Waals surface area (Å²) in [6.45, 7) is 3.08. The quantitative estimate of drug-likeness (QED) is 0.500. The largest absolute Gasteiger partial charge is 0.337 e. The maximum absolute atomic E-state index is 13.3. The van der Waals surface area contributed by atoms with E-state index in [1.165, 1.54) is 0 Å². The van der Waals surface area contributed by atoms with Crippen LogP contribution in [0.1, 0.15) is 25.7 Å². The Bertz CT molecular complexity index is 691. The molecular formula is C20H31ClN6O2. The maximum atomic E-state index is 13.3. The fourth-order valence-electron chi connectivity index (χ4n) is 4.55. The second-order valence-corrected chi connectivity index (χ2v) is 7.91. The number of rotatable bonds is 4. The van der Waals surface area contributed by atoms with Crippen molar-refractivity contribution in [3.63, 3.8) is 0 Å². The fourth-order valence-corrected chi connectivity index (χ4v) is 4.55. The zero-order valence-corrected chi connectivity index (χ0v) is 17.3. The number of carbonyl (C=O) groups is 2. The first kappa shape index (κ1) is 21.8. The van der Waals surface area contributed by atoms with E-state index in [9.17, 15) is 9.59 Å². The summed E-state index contributed by atoms with van der Waals surface area (Å²) in [7, 11) is 0. The van der Waals surface area contributed by atoms with Crippen LogP contribution < -0.4 is 26.8 Å². The van der Waals surface area contributed by atoms with Crippen molar-refractivity contribution in [2.45, 2.75) is 43.8 Å². The molecule has 4 rings (SSSR count). The number of anilines is 1. The molecule has 3 heterocycles. The Hall–Kier alpha value is -1.87. The van der Waals surface area contributed by atoms with E-state index in [1.54, 1.807) is 0 Å². The van der Waals surface area contributed by atoms with Gasteiger partial charge in [0.15, 0.2) is 0 Å². The number of piperidine rings is 2. The molecule has 9 heteroatoms. The first-order valence-corrected chi connectivity index (χ1v) is 10.3. The fraction of sp³-hybridized carbons (Fsp3) is 0.600. The topological polar surface area (TPSA) is 97.5 Å². The second kappa shape index (κ2) is 10.2. The van der Waals surface area contributed by atoms with Gasteiger partial charge >= 0.3 is 6.03 Å². The Kier molecular flexibility index (Phi) is 7.71. The molecule has 3 amide bonds. The van der Waals surface area contributed by atoms with Crippen LogP contribution in [-0.2, 0) is 4.79 Å². The highest BCUT2D eigenvalue weighted by Crippen LogP contribution is 2.25. The Labute approximate surface area is 177 Å². The number of hydrazine groups is 1. The Morgan fingerprint density at radius 2 is 1.93 bits per heavy atom. The summed E-state index contributed by atoms with van der Waals surface area (Å²) in [6, 6.07) is 9.34. The van der Waals surface area contributed by atoms with Gasteiger partial charge in [0, 0.05) is 43.3 Å². The molecule has 3 aliphatic heterocycles. The molecule has 0 spiro atoms. The van der Waals surface area contributed by atoms with Crippen LogP contribution in [0.25, 0.3) is 0 Å². The molecular weight excluding hydrogens is 392 g/mol. The predicted octanol–water partition coefficient (Wildman–Crippen LogP) is 1.07. The van der Waals surface area contributed by atoms with Crippen molar-refractivity contribution < 1.29 is 9.59 Å². The van der Waals surface area contributed by atoms with E-state index in [1.807, 2.05) is 35.2 Å². The standard InChI is InChI=1S/C20H30N6O2.ClH/c27-19(18-16-13-21-10-9-17(16)24-25-18)26-11-5-4-8-15(26)12-22-20(28)23-14-6-2-1-3-7-14;/h1-3,6-7,15-18,21,24-25H,4-5,8-13H2,(H2,22,23,28);1H. The summed E-state index contributed by atoms with van der Waals surface area (Å²) >= 11 is 0. The van der Waals surface area contributed by atoms with E-state index < -0.39 is 0 Å². The van der Waals surface area contributed by atoms with Crippen molar-refractivity contribution in [2.24, 2.45) is 5.92 Å². The lowest BCUT2D eigenvalue weighted by molar-refractivity contribution is -0.137. The molecule has 0 bridgehead atoms. The van der Waals surface area contributed by atoms with Crippen LogP contribution in [0.5, 0.6) is 0 Å². The average Bonchev–Trinajstić information content (AvgIpc) is 3.17. The van der Waals surface area contributed by atoms with Gasteiger partial charge in [-0.05, 0) is 44.4 Å². The van der Waals surface area contributed by atoms with E-state index >= 15 is 0 Å². The van der Waals surface area contributed by atoms with Crippen molar-refractivity contribution >= 4 is 30.0 Å². The zero-order chi connectivity index (χ0) is 19.3. The number of fused-ring (bicyclic) bond motifs is 1. The second-order valence-electron chi connectivity index (χ2n) is 7.91. The van der Waals surface area contributed by atoms with Gasteiger partial charge in [-0.25, -0.2) is 10.2 Å². The lowest BCUT2D eigenvalue weighted by Gasteiger charge is -2.38. The van der Waals surface area contributed by atoms with Gasteiger partial charge in [0.1, 0.15) is 6.04 Å². The van der Waals surface area contributed by atoms with E-state index in [0.29, 0.717) is 12.6 Å². The van der Waals surface area contributed by atoms with Crippen LogP contribution in [0, 0.1) is 5.92 Å². The Morgan fingerprint density at radius 1 is 1.10 bits per heavy atom. The van der Waals surface area contributed by atoms with E-state index in [0.717, 1.165) is 51.0 Å². The molecule has 29 heavy (non-hydrogen) atoms. The van der Waals surface area contributed by atoms with Crippen LogP contribution in [0.15, 0.2) is 30.3 Å². The summed E-state index contributed by atoms with van der Waals surface area (Å²) in [6.07, 6.45) is 4.06. The molecule has 3 fully saturated rings. The van der Waals surface area contributed by atoms with Crippen molar-refractivity contribution in [3.05, 3.63) is 30.3 Å². The van der Waals surface area contributed by atoms with Gasteiger partial charge in [-0.3, -0.25) is 10.2 Å². The van der Waals surface area contributed by atoms with Gasteiger partial charge in [-0.2, -0.15) is 0 Å². The molecule has 0 radical (unpaired) electrons. The molecule has 3 aliphatic rings. The summed E-state index contributed by atoms with van der Waals surface area (Å²) in [4.78, 5) is 27.5. The number of carbonyl (C=O) groups excluding carboxylic acids is 2. The Morgan fingerprint density at radius 3 is 2.76 bits per heavy atom. The smallest absolute Gasteiger partial charge is 0.319 e. The number of para-hydroxylation sites is 1. The number of halogens is 1. The molecule has 1 aromatic rings. The number of amides is 3. The predicted molar refractivity (Wildman–Crippen MR) is 115 cm³/mol. The van der Waals surface area contributed by atoms with Crippen molar-refractivity contribution in [1.29, 1.82) is 0 Å². The third-order valence-corrected chi connectivity index (χ3v) is 6.09. The first-order valence-electron chi connectivity index (χ1n) is 10.3. The third-order valence-electron chi connectivity index (χ3n) is 6.09. The molecule has 8 nitrogen and oxygen atoms in total. The maximum Gasteiger partial charge on any atom is 0.319 e. The molecule has 3 saturated heterocycles.